The monoisotopic (exact) mass is 410 g/mol. The lowest BCUT2D eigenvalue weighted by molar-refractivity contribution is 0.810. The maximum Gasteiger partial charge on any atom is 0.165 e. The number of halogens is 2. The van der Waals surface area contributed by atoms with Crippen molar-refractivity contribution in [2.45, 2.75) is 26.7 Å². The molecule has 0 fully saturated rings. The van der Waals surface area contributed by atoms with Crippen LogP contribution in [0.25, 0.3) is 16.8 Å². The second-order valence-corrected chi connectivity index (χ2v) is 7.85. The Morgan fingerprint density at radius 2 is 1.71 bits per heavy atom. The topological polar surface area (TPSA) is 42.2 Å². The number of anilines is 2. The van der Waals surface area contributed by atoms with Crippen molar-refractivity contribution in [3.63, 3.8) is 0 Å². The summed E-state index contributed by atoms with van der Waals surface area (Å²) in [5, 5.41) is 9.21. The molecule has 0 aliphatic rings. The molecule has 4 rings (SSSR count). The summed E-state index contributed by atoms with van der Waals surface area (Å²) in [6.45, 7) is 6.27. The number of aryl methyl sites for hydroxylation is 1. The summed E-state index contributed by atoms with van der Waals surface area (Å²) in [6, 6.07) is 17.7. The highest BCUT2D eigenvalue weighted by molar-refractivity contribution is 6.42. The van der Waals surface area contributed by atoms with Crippen molar-refractivity contribution in [1.82, 2.24) is 14.6 Å². The Hall–Kier alpha value is -2.56. The Balaban J connectivity index is 1.92. The minimum atomic E-state index is 0.276. The van der Waals surface area contributed by atoms with E-state index in [2.05, 4.69) is 31.3 Å². The molecule has 4 nitrogen and oxygen atoms in total. The molecule has 142 valence electrons. The molecule has 2 aromatic carbocycles. The van der Waals surface area contributed by atoms with E-state index in [1.165, 1.54) is 0 Å². The number of aromatic nitrogens is 3. The van der Waals surface area contributed by atoms with Crippen LogP contribution in [0, 0.1) is 6.92 Å². The van der Waals surface area contributed by atoms with E-state index >= 15 is 0 Å². The molecule has 0 bridgehead atoms. The van der Waals surface area contributed by atoms with Crippen LogP contribution in [0.4, 0.5) is 11.5 Å². The summed E-state index contributed by atoms with van der Waals surface area (Å²) in [6.07, 6.45) is 0. The Kier molecular flexibility index (Phi) is 5.00. The van der Waals surface area contributed by atoms with Crippen molar-refractivity contribution in [2.24, 2.45) is 0 Å². The SMILES string of the molecule is Cc1nn2c(Nc3ccc(Cl)c(Cl)c3)cc(C(C)C)nc2c1-c1ccccc1. The fourth-order valence-electron chi connectivity index (χ4n) is 3.19. The number of nitrogens with zero attached hydrogens (tertiary/aromatic N) is 3. The van der Waals surface area contributed by atoms with Gasteiger partial charge in [-0.3, -0.25) is 0 Å². The Morgan fingerprint density at radius 3 is 2.39 bits per heavy atom. The van der Waals surface area contributed by atoms with Crippen molar-refractivity contribution in [3.05, 3.63) is 76.0 Å². The van der Waals surface area contributed by atoms with E-state index in [0.29, 0.717) is 10.0 Å². The highest BCUT2D eigenvalue weighted by Gasteiger charge is 2.18. The lowest BCUT2D eigenvalue weighted by Gasteiger charge is -2.13. The van der Waals surface area contributed by atoms with Crippen LogP contribution in [0.15, 0.2) is 54.6 Å². The molecule has 0 saturated carbocycles. The van der Waals surface area contributed by atoms with Crippen molar-refractivity contribution in [2.75, 3.05) is 5.32 Å². The maximum absolute atomic E-state index is 6.18. The number of hydrogen-bond acceptors (Lipinski definition) is 3. The fourth-order valence-corrected chi connectivity index (χ4v) is 3.49. The number of benzene rings is 2. The second-order valence-electron chi connectivity index (χ2n) is 7.04. The maximum atomic E-state index is 6.18. The molecular weight excluding hydrogens is 391 g/mol. The van der Waals surface area contributed by atoms with Gasteiger partial charge in [-0.1, -0.05) is 67.4 Å². The summed E-state index contributed by atoms with van der Waals surface area (Å²) in [7, 11) is 0. The second kappa shape index (κ2) is 7.46. The van der Waals surface area contributed by atoms with Gasteiger partial charge in [0.1, 0.15) is 5.82 Å². The van der Waals surface area contributed by atoms with Crippen LogP contribution < -0.4 is 5.32 Å². The van der Waals surface area contributed by atoms with Crippen LogP contribution in [0.2, 0.25) is 10.0 Å². The number of fused-ring (bicyclic) bond motifs is 1. The predicted molar refractivity (Wildman–Crippen MR) is 117 cm³/mol. The molecule has 0 amide bonds. The lowest BCUT2D eigenvalue weighted by Crippen LogP contribution is -2.05. The smallest absolute Gasteiger partial charge is 0.165 e. The van der Waals surface area contributed by atoms with Crippen molar-refractivity contribution in [3.8, 4) is 11.1 Å². The molecule has 2 aromatic heterocycles. The zero-order valence-electron chi connectivity index (χ0n) is 15.9. The quantitative estimate of drug-likeness (QED) is 0.398. The third kappa shape index (κ3) is 3.46. The van der Waals surface area contributed by atoms with Gasteiger partial charge < -0.3 is 5.32 Å². The molecule has 0 unspecified atom stereocenters. The van der Waals surface area contributed by atoms with E-state index in [0.717, 1.165) is 39.7 Å². The molecule has 0 aliphatic carbocycles. The average molecular weight is 411 g/mol. The molecule has 6 heteroatoms. The molecule has 28 heavy (non-hydrogen) atoms. The van der Waals surface area contributed by atoms with E-state index < -0.39 is 0 Å². The first-order chi connectivity index (χ1) is 13.4. The minimum Gasteiger partial charge on any atom is -0.340 e. The Labute approximate surface area is 174 Å². The van der Waals surface area contributed by atoms with Gasteiger partial charge >= 0.3 is 0 Å². The molecule has 0 aliphatic heterocycles. The zero-order chi connectivity index (χ0) is 19.8. The highest BCUT2D eigenvalue weighted by atomic mass is 35.5. The van der Waals surface area contributed by atoms with Gasteiger partial charge in [-0.05, 0) is 36.6 Å². The largest absolute Gasteiger partial charge is 0.340 e. The van der Waals surface area contributed by atoms with Gasteiger partial charge in [0, 0.05) is 23.0 Å². The van der Waals surface area contributed by atoms with Gasteiger partial charge in [0.05, 0.1) is 15.7 Å². The summed E-state index contributed by atoms with van der Waals surface area (Å²) >= 11 is 12.2. The van der Waals surface area contributed by atoms with Crippen LogP contribution in [-0.2, 0) is 0 Å². The van der Waals surface area contributed by atoms with Crippen LogP contribution >= 0.6 is 23.2 Å². The number of hydrogen-bond donors (Lipinski definition) is 1. The summed E-state index contributed by atoms with van der Waals surface area (Å²) in [5.74, 6) is 1.11. The molecule has 0 saturated heterocycles. The van der Waals surface area contributed by atoms with E-state index in [1.54, 1.807) is 12.1 Å². The van der Waals surface area contributed by atoms with Crippen LogP contribution in [-0.4, -0.2) is 14.6 Å². The third-order valence-corrected chi connectivity index (χ3v) is 5.37. The third-order valence-electron chi connectivity index (χ3n) is 4.63. The molecule has 2 heterocycles. The first kappa shape index (κ1) is 18.8. The Morgan fingerprint density at radius 1 is 0.964 bits per heavy atom. The van der Waals surface area contributed by atoms with Crippen molar-refractivity contribution >= 4 is 40.4 Å². The summed E-state index contributed by atoms with van der Waals surface area (Å²) < 4.78 is 1.85. The van der Waals surface area contributed by atoms with E-state index in [4.69, 9.17) is 33.3 Å². The standard InChI is InChI=1S/C22H20Cl2N4/c1-13(2)19-12-20(25-16-9-10-17(23)18(24)11-16)28-22(26-19)21(14(3)27-28)15-7-5-4-6-8-15/h4-13,25H,1-3H3. The Bertz CT molecular complexity index is 1150. The first-order valence-electron chi connectivity index (χ1n) is 9.12. The van der Waals surface area contributed by atoms with Gasteiger partial charge in [0.2, 0.25) is 0 Å². The predicted octanol–water partition coefficient (Wildman–Crippen LogP) is 6.88. The fraction of sp³-hybridized carbons (Fsp3) is 0.182. The van der Waals surface area contributed by atoms with Gasteiger partial charge in [-0.25, -0.2) is 4.98 Å². The van der Waals surface area contributed by atoms with Crippen molar-refractivity contribution < 1.29 is 0 Å². The molecule has 0 atom stereocenters. The van der Waals surface area contributed by atoms with Crippen molar-refractivity contribution in [1.29, 1.82) is 0 Å². The summed E-state index contributed by atoms with van der Waals surface area (Å²) in [5.41, 5.74) is 5.73. The van der Waals surface area contributed by atoms with E-state index in [1.807, 2.05) is 41.8 Å². The first-order valence-corrected chi connectivity index (χ1v) is 9.87. The van der Waals surface area contributed by atoms with E-state index in [9.17, 15) is 0 Å². The molecule has 4 aromatic rings. The van der Waals surface area contributed by atoms with Gasteiger partial charge in [-0.15, -0.1) is 0 Å². The van der Waals surface area contributed by atoms with Gasteiger partial charge in [-0.2, -0.15) is 9.61 Å². The van der Waals surface area contributed by atoms with Gasteiger partial charge in [0.15, 0.2) is 5.65 Å². The number of rotatable bonds is 4. The van der Waals surface area contributed by atoms with Crippen LogP contribution in [0.5, 0.6) is 0 Å². The number of nitrogens with one attached hydrogen (secondary N) is 1. The lowest BCUT2D eigenvalue weighted by atomic mass is 10.1. The molecule has 1 N–H and O–H groups in total. The van der Waals surface area contributed by atoms with Crippen LogP contribution in [0.3, 0.4) is 0 Å². The van der Waals surface area contributed by atoms with E-state index in [-0.39, 0.29) is 5.92 Å². The summed E-state index contributed by atoms with van der Waals surface area (Å²) in [4.78, 5) is 4.92. The van der Waals surface area contributed by atoms with Crippen LogP contribution in [0.1, 0.15) is 31.2 Å². The normalized spacial score (nSPS) is 11.4. The minimum absolute atomic E-state index is 0.276. The zero-order valence-corrected chi connectivity index (χ0v) is 17.4. The molecule has 0 radical (unpaired) electrons. The average Bonchev–Trinajstić information content (AvgIpc) is 3.01. The highest BCUT2D eigenvalue weighted by Crippen LogP contribution is 2.32. The van der Waals surface area contributed by atoms with Gasteiger partial charge in [0.25, 0.3) is 0 Å². The molecule has 0 spiro atoms. The molecular formula is C22H20Cl2N4.